The van der Waals surface area contributed by atoms with Crippen molar-refractivity contribution in [2.75, 3.05) is 30.8 Å². The minimum absolute atomic E-state index is 0.593. The first-order valence-electron chi connectivity index (χ1n) is 5.36. The number of aromatic nitrogens is 1. The molecule has 1 saturated heterocycles. The summed E-state index contributed by atoms with van der Waals surface area (Å²) >= 11 is 0. The molecule has 2 heterocycles. The number of nitrogens with two attached hydrogens (primary N) is 1. The molecule has 4 nitrogen and oxygen atoms in total. The van der Waals surface area contributed by atoms with E-state index in [9.17, 15) is 0 Å². The van der Waals surface area contributed by atoms with Crippen LogP contribution in [-0.2, 0) is 0 Å². The Morgan fingerprint density at radius 2 is 2.00 bits per heavy atom. The van der Waals surface area contributed by atoms with Gasteiger partial charge in [-0.25, -0.2) is 0 Å². The zero-order valence-corrected chi connectivity index (χ0v) is 9.07. The SMILES string of the molecule is COc1cc(N)cc(N2CCCCC2)n1. The Labute approximate surface area is 90.0 Å². The quantitative estimate of drug-likeness (QED) is 0.801. The van der Waals surface area contributed by atoms with Crippen molar-refractivity contribution in [3.8, 4) is 5.88 Å². The van der Waals surface area contributed by atoms with Crippen LogP contribution in [-0.4, -0.2) is 25.2 Å². The second-order valence-electron chi connectivity index (χ2n) is 3.85. The molecule has 1 aromatic heterocycles. The summed E-state index contributed by atoms with van der Waals surface area (Å²) in [6.07, 6.45) is 3.79. The van der Waals surface area contributed by atoms with Crippen molar-refractivity contribution in [1.29, 1.82) is 0 Å². The first-order chi connectivity index (χ1) is 7.29. The van der Waals surface area contributed by atoms with Crippen molar-refractivity contribution in [3.05, 3.63) is 12.1 Å². The molecule has 1 aromatic rings. The third-order valence-corrected chi connectivity index (χ3v) is 2.70. The summed E-state index contributed by atoms with van der Waals surface area (Å²) in [7, 11) is 1.61. The van der Waals surface area contributed by atoms with E-state index in [1.807, 2.05) is 6.07 Å². The fourth-order valence-electron chi connectivity index (χ4n) is 1.90. The van der Waals surface area contributed by atoms with Gasteiger partial charge in [-0.2, -0.15) is 4.98 Å². The van der Waals surface area contributed by atoms with Crippen molar-refractivity contribution in [1.82, 2.24) is 4.98 Å². The Balaban J connectivity index is 2.22. The van der Waals surface area contributed by atoms with E-state index < -0.39 is 0 Å². The lowest BCUT2D eigenvalue weighted by Gasteiger charge is -2.28. The monoisotopic (exact) mass is 207 g/mol. The maximum Gasteiger partial charge on any atom is 0.216 e. The van der Waals surface area contributed by atoms with Crippen molar-refractivity contribution in [2.24, 2.45) is 0 Å². The summed E-state index contributed by atoms with van der Waals surface area (Å²) in [5.74, 6) is 1.53. The smallest absolute Gasteiger partial charge is 0.216 e. The highest BCUT2D eigenvalue weighted by molar-refractivity contribution is 5.53. The summed E-state index contributed by atoms with van der Waals surface area (Å²) in [6, 6.07) is 3.65. The number of methoxy groups -OCH3 is 1. The highest BCUT2D eigenvalue weighted by Crippen LogP contribution is 2.23. The van der Waals surface area contributed by atoms with Crippen LogP contribution in [0.5, 0.6) is 5.88 Å². The number of piperidine rings is 1. The number of anilines is 2. The predicted molar refractivity (Wildman–Crippen MR) is 61.3 cm³/mol. The maximum atomic E-state index is 5.79. The second-order valence-corrected chi connectivity index (χ2v) is 3.85. The van der Waals surface area contributed by atoms with Gasteiger partial charge in [-0.3, -0.25) is 0 Å². The lowest BCUT2D eigenvalue weighted by atomic mass is 10.1. The van der Waals surface area contributed by atoms with Crippen molar-refractivity contribution in [2.45, 2.75) is 19.3 Å². The van der Waals surface area contributed by atoms with Gasteiger partial charge in [0.15, 0.2) is 0 Å². The van der Waals surface area contributed by atoms with Gasteiger partial charge in [-0.15, -0.1) is 0 Å². The van der Waals surface area contributed by atoms with Gasteiger partial charge in [0.2, 0.25) is 5.88 Å². The van der Waals surface area contributed by atoms with Crippen LogP contribution < -0.4 is 15.4 Å². The minimum atomic E-state index is 0.593. The summed E-state index contributed by atoms with van der Waals surface area (Å²) in [5.41, 5.74) is 6.51. The highest BCUT2D eigenvalue weighted by Gasteiger charge is 2.13. The van der Waals surface area contributed by atoms with Gasteiger partial charge in [0, 0.05) is 30.9 Å². The molecule has 1 aliphatic rings. The molecular weight excluding hydrogens is 190 g/mol. The van der Waals surface area contributed by atoms with E-state index in [4.69, 9.17) is 10.5 Å². The Hall–Kier alpha value is -1.45. The standard InChI is InChI=1S/C11H17N3O/c1-15-11-8-9(12)7-10(13-11)14-5-3-2-4-6-14/h7-8H,2-6H2,1H3,(H2,12,13). The van der Waals surface area contributed by atoms with Crippen molar-refractivity contribution < 1.29 is 4.74 Å². The number of pyridine rings is 1. The topological polar surface area (TPSA) is 51.4 Å². The first-order valence-corrected chi connectivity index (χ1v) is 5.36. The van der Waals surface area contributed by atoms with E-state index in [1.165, 1.54) is 19.3 Å². The van der Waals surface area contributed by atoms with Gasteiger partial charge < -0.3 is 15.4 Å². The third-order valence-electron chi connectivity index (χ3n) is 2.70. The molecule has 82 valence electrons. The van der Waals surface area contributed by atoms with Gasteiger partial charge in [0.25, 0.3) is 0 Å². The molecule has 1 fully saturated rings. The molecule has 0 saturated carbocycles. The van der Waals surface area contributed by atoms with E-state index in [1.54, 1.807) is 13.2 Å². The maximum absolute atomic E-state index is 5.79. The Bertz CT molecular complexity index is 335. The zero-order chi connectivity index (χ0) is 10.7. The Morgan fingerprint density at radius 3 is 2.67 bits per heavy atom. The fourth-order valence-corrected chi connectivity index (χ4v) is 1.90. The van der Waals surface area contributed by atoms with E-state index in [-0.39, 0.29) is 0 Å². The van der Waals surface area contributed by atoms with Crippen LogP contribution in [0, 0.1) is 0 Å². The summed E-state index contributed by atoms with van der Waals surface area (Å²) < 4.78 is 5.11. The molecule has 2 N–H and O–H groups in total. The number of hydrogen-bond donors (Lipinski definition) is 1. The summed E-state index contributed by atoms with van der Waals surface area (Å²) in [4.78, 5) is 6.67. The molecule has 0 bridgehead atoms. The number of ether oxygens (including phenoxy) is 1. The van der Waals surface area contributed by atoms with Crippen LogP contribution in [0.3, 0.4) is 0 Å². The lowest BCUT2D eigenvalue weighted by Crippen LogP contribution is -2.30. The number of nitrogens with zero attached hydrogens (tertiary/aromatic N) is 2. The molecular formula is C11H17N3O. The van der Waals surface area contributed by atoms with Gasteiger partial charge in [0.1, 0.15) is 5.82 Å². The molecule has 0 atom stereocenters. The van der Waals surface area contributed by atoms with Crippen LogP contribution in [0.15, 0.2) is 12.1 Å². The zero-order valence-electron chi connectivity index (χ0n) is 9.07. The normalized spacial score (nSPS) is 16.5. The largest absolute Gasteiger partial charge is 0.481 e. The van der Waals surface area contributed by atoms with Gasteiger partial charge in [-0.1, -0.05) is 0 Å². The molecule has 0 aromatic carbocycles. The first kappa shape index (κ1) is 10.1. The van der Waals surface area contributed by atoms with Crippen molar-refractivity contribution in [3.63, 3.8) is 0 Å². The molecule has 15 heavy (non-hydrogen) atoms. The molecule has 0 aliphatic carbocycles. The molecule has 0 unspecified atom stereocenters. The van der Waals surface area contributed by atoms with Crippen molar-refractivity contribution >= 4 is 11.5 Å². The van der Waals surface area contributed by atoms with Crippen LogP contribution in [0.25, 0.3) is 0 Å². The molecule has 0 amide bonds. The molecule has 0 radical (unpaired) electrons. The highest BCUT2D eigenvalue weighted by atomic mass is 16.5. The Kier molecular flexibility index (Phi) is 2.94. The van der Waals surface area contributed by atoms with Gasteiger partial charge >= 0.3 is 0 Å². The number of rotatable bonds is 2. The molecule has 2 rings (SSSR count). The molecule has 4 heteroatoms. The average molecular weight is 207 g/mol. The summed E-state index contributed by atoms with van der Waals surface area (Å²) in [6.45, 7) is 2.14. The van der Waals surface area contributed by atoms with Crippen LogP contribution in [0.2, 0.25) is 0 Å². The van der Waals surface area contributed by atoms with Crippen LogP contribution in [0.4, 0.5) is 11.5 Å². The van der Waals surface area contributed by atoms with Gasteiger partial charge in [-0.05, 0) is 19.3 Å². The fraction of sp³-hybridized carbons (Fsp3) is 0.545. The van der Waals surface area contributed by atoms with Crippen LogP contribution >= 0.6 is 0 Å². The van der Waals surface area contributed by atoms with E-state index in [2.05, 4.69) is 9.88 Å². The second kappa shape index (κ2) is 4.38. The van der Waals surface area contributed by atoms with E-state index >= 15 is 0 Å². The third kappa shape index (κ3) is 2.32. The predicted octanol–water partition coefficient (Wildman–Crippen LogP) is 1.66. The molecule has 1 aliphatic heterocycles. The minimum Gasteiger partial charge on any atom is -0.481 e. The summed E-state index contributed by atoms with van der Waals surface area (Å²) in [5, 5.41) is 0. The number of nitrogen functional groups attached to an aromatic ring is 1. The Morgan fingerprint density at radius 1 is 1.27 bits per heavy atom. The average Bonchev–Trinajstić information content (AvgIpc) is 2.29. The lowest BCUT2D eigenvalue weighted by molar-refractivity contribution is 0.397. The van der Waals surface area contributed by atoms with E-state index in [0.29, 0.717) is 11.6 Å². The van der Waals surface area contributed by atoms with Gasteiger partial charge in [0.05, 0.1) is 7.11 Å². The number of hydrogen-bond acceptors (Lipinski definition) is 4. The van der Waals surface area contributed by atoms with Crippen LogP contribution in [0.1, 0.15) is 19.3 Å². The molecule has 0 spiro atoms. The van der Waals surface area contributed by atoms with E-state index in [0.717, 1.165) is 18.9 Å².